The minimum absolute atomic E-state index is 0.109. The van der Waals surface area contributed by atoms with Crippen LogP contribution in [0.4, 0.5) is 10.1 Å². The van der Waals surface area contributed by atoms with Gasteiger partial charge in [-0.3, -0.25) is 19.6 Å². The van der Waals surface area contributed by atoms with Gasteiger partial charge in [-0.2, -0.15) is 14.6 Å². The Morgan fingerprint density at radius 2 is 2.26 bits per heavy atom. The quantitative estimate of drug-likeness (QED) is 0.513. The van der Waals surface area contributed by atoms with E-state index in [4.69, 9.17) is 0 Å². The molecule has 0 fully saturated rings. The van der Waals surface area contributed by atoms with Crippen molar-refractivity contribution in [2.45, 2.75) is 26.8 Å². The minimum atomic E-state index is -0.778. The molecule has 2 aromatic rings. The minimum Gasteiger partial charge on any atom is -0.271 e. The third kappa shape index (κ3) is 3.59. The lowest BCUT2D eigenvalue weighted by Gasteiger charge is -2.11. The van der Waals surface area contributed by atoms with Crippen LogP contribution in [0.15, 0.2) is 17.2 Å². The van der Waals surface area contributed by atoms with E-state index in [1.165, 1.54) is 36.9 Å². The summed E-state index contributed by atoms with van der Waals surface area (Å²) in [5.74, 6) is -0.487. The second-order valence-corrected chi connectivity index (χ2v) is 5.84. The van der Waals surface area contributed by atoms with Crippen molar-refractivity contribution in [1.82, 2.24) is 15.2 Å². The van der Waals surface area contributed by atoms with E-state index in [0.29, 0.717) is 10.6 Å². The molecule has 0 aliphatic rings. The van der Waals surface area contributed by atoms with Crippen LogP contribution in [-0.4, -0.2) is 26.8 Å². The third-order valence-corrected chi connectivity index (χ3v) is 3.98. The van der Waals surface area contributed by atoms with Gasteiger partial charge in [0.25, 0.3) is 5.91 Å². The first-order valence-corrected chi connectivity index (χ1v) is 7.41. The lowest BCUT2D eigenvalue weighted by atomic mass is 10.3. The number of nitrogens with one attached hydrogen (secondary N) is 1. The normalized spacial score (nSPS) is 12.5. The Kier molecular flexibility index (Phi) is 4.84. The molecule has 0 spiro atoms. The van der Waals surface area contributed by atoms with Gasteiger partial charge in [0.2, 0.25) is 0 Å². The van der Waals surface area contributed by atoms with Crippen LogP contribution in [0.2, 0.25) is 0 Å². The van der Waals surface area contributed by atoms with Crippen molar-refractivity contribution < 1.29 is 14.1 Å². The molecule has 1 atom stereocenters. The number of nitro groups is 1. The van der Waals surface area contributed by atoms with Gasteiger partial charge in [-0.05, 0) is 32.9 Å². The maximum atomic E-state index is 12.8. The summed E-state index contributed by atoms with van der Waals surface area (Å²) in [7, 11) is 0. The van der Waals surface area contributed by atoms with Gasteiger partial charge < -0.3 is 0 Å². The molecule has 23 heavy (non-hydrogen) atoms. The van der Waals surface area contributed by atoms with Crippen LogP contribution < -0.4 is 5.43 Å². The number of hydrazone groups is 1. The zero-order valence-electron chi connectivity index (χ0n) is 12.6. The number of aromatic nitrogens is 2. The zero-order valence-corrected chi connectivity index (χ0v) is 13.4. The summed E-state index contributed by atoms with van der Waals surface area (Å²) in [6.07, 6.45) is 1.32. The van der Waals surface area contributed by atoms with E-state index in [0.717, 1.165) is 11.3 Å². The van der Waals surface area contributed by atoms with Gasteiger partial charge in [-0.1, -0.05) is 0 Å². The van der Waals surface area contributed by atoms with Crippen molar-refractivity contribution in [1.29, 1.82) is 0 Å². The number of halogens is 1. The molecule has 0 saturated heterocycles. The van der Waals surface area contributed by atoms with E-state index in [1.54, 1.807) is 6.92 Å². The monoisotopic (exact) mass is 339 g/mol. The molecule has 2 rings (SSSR count). The molecule has 2 aromatic heterocycles. The maximum Gasteiger partial charge on any atom is 0.312 e. The Hall–Kier alpha value is -2.62. The van der Waals surface area contributed by atoms with Crippen LogP contribution in [0.1, 0.15) is 29.2 Å². The van der Waals surface area contributed by atoms with E-state index in [9.17, 15) is 19.3 Å². The van der Waals surface area contributed by atoms with Crippen LogP contribution in [0.5, 0.6) is 0 Å². The number of nitrogens with zero attached hydrogens (tertiary/aromatic N) is 4. The van der Waals surface area contributed by atoms with Crippen molar-refractivity contribution in [2.24, 2.45) is 5.10 Å². The molecule has 1 amide bonds. The highest BCUT2D eigenvalue weighted by molar-refractivity contribution is 7.12. The molecule has 0 unspecified atom stereocenters. The van der Waals surface area contributed by atoms with Crippen LogP contribution in [0.25, 0.3) is 0 Å². The van der Waals surface area contributed by atoms with Gasteiger partial charge in [0.05, 0.1) is 16.0 Å². The average Bonchev–Trinajstić information content (AvgIpc) is 3.01. The fraction of sp³-hybridized carbons (Fsp3) is 0.308. The van der Waals surface area contributed by atoms with Crippen molar-refractivity contribution in [3.8, 4) is 0 Å². The smallest absolute Gasteiger partial charge is 0.271 e. The highest BCUT2D eigenvalue weighted by Crippen LogP contribution is 2.24. The van der Waals surface area contributed by atoms with Gasteiger partial charge in [-0.15, -0.1) is 11.3 Å². The molecular weight excluding hydrogens is 325 g/mol. The number of carbonyl (C=O) groups is 1. The van der Waals surface area contributed by atoms with E-state index >= 15 is 0 Å². The second-order valence-electron chi connectivity index (χ2n) is 4.77. The molecule has 0 saturated carbocycles. The molecule has 10 heteroatoms. The van der Waals surface area contributed by atoms with Crippen molar-refractivity contribution in [3.63, 3.8) is 0 Å². The Balaban J connectivity index is 2.09. The standard InChI is InChI=1S/C13H14FN5O3S/c1-7-12(19(21)22)8(2)18(17-7)9(3)13(20)16-15-6-10-4-5-11(14)23-10/h4-6,9H,1-3H3,(H,16,20)/b15-6-/t9-/m0/s1. The number of thiophene rings is 1. The summed E-state index contributed by atoms with van der Waals surface area (Å²) in [5.41, 5.74) is 2.73. The number of rotatable bonds is 5. The van der Waals surface area contributed by atoms with Gasteiger partial charge in [-0.25, -0.2) is 5.43 Å². The molecule has 0 aliphatic heterocycles. The third-order valence-electron chi connectivity index (χ3n) is 3.18. The van der Waals surface area contributed by atoms with Crippen molar-refractivity contribution >= 4 is 29.1 Å². The highest BCUT2D eigenvalue weighted by atomic mass is 32.1. The summed E-state index contributed by atoms with van der Waals surface area (Å²) in [5, 5.41) is 18.4. The first kappa shape index (κ1) is 16.7. The van der Waals surface area contributed by atoms with Gasteiger partial charge >= 0.3 is 5.69 Å². The fourth-order valence-corrected chi connectivity index (χ4v) is 2.66. The number of carbonyl (C=O) groups excluding carboxylic acids is 1. The van der Waals surface area contributed by atoms with Crippen LogP contribution >= 0.6 is 11.3 Å². The molecular formula is C13H14FN5O3S. The van der Waals surface area contributed by atoms with Crippen LogP contribution in [-0.2, 0) is 4.79 Å². The first-order valence-electron chi connectivity index (χ1n) is 6.59. The first-order chi connectivity index (χ1) is 10.8. The molecule has 0 aliphatic carbocycles. The highest BCUT2D eigenvalue weighted by Gasteiger charge is 2.26. The molecule has 122 valence electrons. The second kappa shape index (κ2) is 6.65. The summed E-state index contributed by atoms with van der Waals surface area (Å²) in [4.78, 5) is 23.1. The summed E-state index contributed by atoms with van der Waals surface area (Å²) in [6.45, 7) is 4.59. The van der Waals surface area contributed by atoms with E-state index in [-0.39, 0.29) is 16.5 Å². The SMILES string of the molecule is Cc1nn([C@@H](C)C(=O)N/N=C\c2ccc(F)s2)c(C)c1[N+](=O)[O-]. The Labute approximate surface area is 134 Å². The van der Waals surface area contributed by atoms with E-state index < -0.39 is 16.9 Å². The predicted octanol–water partition coefficient (Wildman–Crippen LogP) is 2.32. The Morgan fingerprint density at radius 1 is 1.57 bits per heavy atom. The molecule has 8 nitrogen and oxygen atoms in total. The topological polar surface area (TPSA) is 102 Å². The van der Waals surface area contributed by atoms with Crippen molar-refractivity contribution in [3.05, 3.63) is 43.6 Å². The van der Waals surface area contributed by atoms with Gasteiger partial charge in [0.15, 0.2) is 5.13 Å². The largest absolute Gasteiger partial charge is 0.312 e. The summed E-state index contributed by atoms with van der Waals surface area (Å²) >= 11 is 0.895. The summed E-state index contributed by atoms with van der Waals surface area (Å²) in [6, 6.07) is 2.05. The number of aryl methyl sites for hydroxylation is 1. The molecule has 0 aromatic carbocycles. The van der Waals surface area contributed by atoms with Crippen molar-refractivity contribution in [2.75, 3.05) is 0 Å². The summed E-state index contributed by atoms with van der Waals surface area (Å²) < 4.78 is 14.1. The average molecular weight is 339 g/mol. The zero-order chi connectivity index (χ0) is 17.1. The molecule has 0 bridgehead atoms. The predicted molar refractivity (Wildman–Crippen MR) is 83.1 cm³/mol. The molecule has 1 N–H and O–H groups in total. The fourth-order valence-electron chi connectivity index (χ4n) is 2.06. The lowest BCUT2D eigenvalue weighted by molar-refractivity contribution is -0.386. The van der Waals surface area contributed by atoms with Crippen LogP contribution in [0.3, 0.4) is 0 Å². The van der Waals surface area contributed by atoms with Crippen LogP contribution in [0, 0.1) is 29.1 Å². The van der Waals surface area contributed by atoms with Gasteiger partial charge in [0.1, 0.15) is 17.4 Å². The Bertz CT molecular complexity index is 783. The number of hydrogen-bond acceptors (Lipinski definition) is 6. The van der Waals surface area contributed by atoms with Gasteiger partial charge in [0, 0.05) is 0 Å². The number of amides is 1. The van der Waals surface area contributed by atoms with E-state index in [1.807, 2.05) is 0 Å². The molecule has 0 radical (unpaired) electrons. The maximum absolute atomic E-state index is 12.8. The number of hydrogen-bond donors (Lipinski definition) is 1. The lowest BCUT2D eigenvalue weighted by Crippen LogP contribution is -2.28. The molecule has 2 heterocycles. The Morgan fingerprint density at radius 3 is 2.78 bits per heavy atom. The van der Waals surface area contributed by atoms with E-state index in [2.05, 4.69) is 15.6 Å².